The second-order valence-electron chi connectivity index (χ2n) is 11.7. The number of nitrogens with zero attached hydrogens (tertiary/aromatic N) is 1. The normalized spacial score (nSPS) is 32.1. The van der Waals surface area contributed by atoms with Crippen molar-refractivity contribution in [3.05, 3.63) is 0 Å². The number of carbonyl (C=O) groups is 2. The third kappa shape index (κ3) is 4.95. The van der Waals surface area contributed by atoms with Crippen molar-refractivity contribution in [1.82, 2.24) is 4.90 Å². The Hall–Kier alpha value is -1.20. The minimum absolute atomic E-state index is 0.110. The van der Waals surface area contributed by atoms with E-state index in [-0.39, 0.29) is 24.3 Å². The predicted molar refractivity (Wildman–Crippen MR) is 123 cm³/mol. The van der Waals surface area contributed by atoms with E-state index in [2.05, 4.69) is 33.9 Å². The highest BCUT2D eigenvalue weighted by atomic mass is 28.4. The lowest BCUT2D eigenvalue weighted by Crippen LogP contribution is -2.66. The molecule has 3 aliphatic heterocycles. The molecule has 3 heterocycles. The zero-order valence-electron chi connectivity index (χ0n) is 21.8. The minimum Gasteiger partial charge on any atom is -0.443 e. The van der Waals surface area contributed by atoms with Crippen LogP contribution < -0.4 is 0 Å². The minimum atomic E-state index is -2.36. The maximum atomic E-state index is 12.8. The van der Waals surface area contributed by atoms with Crippen molar-refractivity contribution in [1.29, 1.82) is 0 Å². The fourth-order valence-corrected chi connectivity index (χ4v) is 5.37. The van der Waals surface area contributed by atoms with Crippen molar-refractivity contribution in [2.45, 2.75) is 122 Å². The first-order valence-corrected chi connectivity index (χ1v) is 14.8. The van der Waals surface area contributed by atoms with Crippen LogP contribution in [-0.4, -0.2) is 74.0 Å². The summed E-state index contributed by atoms with van der Waals surface area (Å²) in [6.45, 7) is 19.9. The molecule has 3 fully saturated rings. The summed E-state index contributed by atoms with van der Waals surface area (Å²) < 4.78 is 37.0. The molecule has 0 aromatic heterocycles. The van der Waals surface area contributed by atoms with Gasteiger partial charge in [-0.15, -0.1) is 0 Å². The van der Waals surface area contributed by atoms with E-state index >= 15 is 0 Å². The van der Waals surface area contributed by atoms with Crippen LogP contribution in [0.3, 0.4) is 0 Å². The Morgan fingerprint density at radius 1 is 1.12 bits per heavy atom. The number of rotatable bonds is 4. The summed E-state index contributed by atoms with van der Waals surface area (Å²) in [5.41, 5.74) is -0.757. The van der Waals surface area contributed by atoms with Gasteiger partial charge in [0.15, 0.2) is 14.1 Å². The topological polar surface area (TPSA) is 92.8 Å². The molecule has 190 valence electrons. The lowest BCUT2D eigenvalue weighted by Gasteiger charge is -2.48. The first-order chi connectivity index (χ1) is 15.0. The summed E-state index contributed by atoms with van der Waals surface area (Å²) in [5.74, 6) is -2.24. The van der Waals surface area contributed by atoms with Gasteiger partial charge in [-0.05, 0) is 51.7 Å². The molecule has 0 radical (unpaired) electrons. The van der Waals surface area contributed by atoms with E-state index in [4.69, 9.17) is 28.1 Å². The van der Waals surface area contributed by atoms with Crippen molar-refractivity contribution in [2.75, 3.05) is 13.2 Å². The number of imide groups is 1. The SMILES string of the molecule is CCC1(CC)OC2[C@@H](CO[C@]3(CN(C(=O)OC(C)(C)C)C(=O)O3)[C@H]2O[Si](C)(C)C(C)(C)C)O1. The highest BCUT2D eigenvalue weighted by molar-refractivity contribution is 6.74. The first kappa shape index (κ1) is 26.4. The fraction of sp³-hybridized carbons (Fsp3) is 0.913. The van der Waals surface area contributed by atoms with Gasteiger partial charge in [-0.3, -0.25) is 0 Å². The molecule has 4 atom stereocenters. The second-order valence-corrected chi connectivity index (χ2v) is 16.5. The average molecular weight is 488 g/mol. The van der Waals surface area contributed by atoms with E-state index < -0.39 is 49.9 Å². The van der Waals surface area contributed by atoms with Gasteiger partial charge in [-0.1, -0.05) is 34.6 Å². The third-order valence-electron chi connectivity index (χ3n) is 7.09. The Labute approximate surface area is 198 Å². The van der Waals surface area contributed by atoms with Gasteiger partial charge in [-0.25, -0.2) is 14.5 Å². The fourth-order valence-electron chi connectivity index (χ4n) is 4.07. The lowest BCUT2D eigenvalue weighted by molar-refractivity contribution is -0.283. The van der Waals surface area contributed by atoms with Crippen LogP contribution in [0.2, 0.25) is 18.1 Å². The third-order valence-corrected chi connectivity index (χ3v) is 11.5. The summed E-state index contributed by atoms with van der Waals surface area (Å²) in [4.78, 5) is 26.5. The Bertz CT molecular complexity index is 769. The molecule has 33 heavy (non-hydrogen) atoms. The molecule has 3 aliphatic rings. The van der Waals surface area contributed by atoms with Gasteiger partial charge in [0, 0.05) is 0 Å². The first-order valence-electron chi connectivity index (χ1n) is 11.9. The summed E-state index contributed by atoms with van der Waals surface area (Å²) in [6.07, 6.45) is -1.88. The summed E-state index contributed by atoms with van der Waals surface area (Å²) in [6, 6.07) is 0. The van der Waals surface area contributed by atoms with Crippen molar-refractivity contribution >= 4 is 20.5 Å². The Kier molecular flexibility index (Phi) is 6.78. The van der Waals surface area contributed by atoms with Crippen LogP contribution in [0.5, 0.6) is 0 Å². The molecular formula is C23H41NO8Si. The lowest BCUT2D eigenvalue weighted by atomic mass is 9.97. The molecule has 0 aromatic rings. The van der Waals surface area contributed by atoms with Gasteiger partial charge >= 0.3 is 12.2 Å². The Morgan fingerprint density at radius 3 is 2.24 bits per heavy atom. The maximum Gasteiger partial charge on any atom is 0.422 e. The second kappa shape index (κ2) is 8.48. The van der Waals surface area contributed by atoms with E-state index in [1.807, 2.05) is 13.8 Å². The van der Waals surface area contributed by atoms with Gasteiger partial charge in [0.05, 0.1) is 6.61 Å². The van der Waals surface area contributed by atoms with Gasteiger partial charge in [0.25, 0.3) is 5.79 Å². The molecule has 0 saturated carbocycles. The standard InChI is InChI=1S/C23H41NO8Si/c1-11-22(12-2)28-15-13-27-23(14-24(19(26)31-23)18(25)30-20(3,4)5)17(16(15)29-22)32-33(9,10)21(6,7)8/h15-17H,11-14H2,1-10H3/t15-,16?,17+,23+/m1/s1. The smallest absolute Gasteiger partial charge is 0.422 e. The highest BCUT2D eigenvalue weighted by Gasteiger charge is 2.66. The van der Waals surface area contributed by atoms with Crippen molar-refractivity contribution in [3.8, 4) is 0 Å². The largest absolute Gasteiger partial charge is 0.443 e. The monoisotopic (exact) mass is 487 g/mol. The van der Waals surface area contributed by atoms with Crippen LogP contribution in [0.1, 0.15) is 68.2 Å². The summed E-state index contributed by atoms with van der Waals surface area (Å²) in [5, 5.41) is -0.110. The van der Waals surface area contributed by atoms with Crippen LogP contribution in [-0.2, 0) is 28.1 Å². The zero-order valence-corrected chi connectivity index (χ0v) is 22.8. The van der Waals surface area contributed by atoms with E-state index in [0.717, 1.165) is 4.90 Å². The Balaban J connectivity index is 1.96. The predicted octanol–water partition coefficient (Wildman–Crippen LogP) is 4.79. The highest BCUT2D eigenvalue weighted by Crippen LogP contribution is 2.48. The molecule has 1 spiro atoms. The van der Waals surface area contributed by atoms with Crippen LogP contribution in [0, 0.1) is 0 Å². The molecule has 0 bridgehead atoms. The van der Waals surface area contributed by atoms with Crippen LogP contribution in [0.4, 0.5) is 9.59 Å². The quantitative estimate of drug-likeness (QED) is 0.523. The van der Waals surface area contributed by atoms with E-state index in [0.29, 0.717) is 12.8 Å². The average Bonchev–Trinajstić information content (AvgIpc) is 3.21. The Morgan fingerprint density at radius 2 is 1.73 bits per heavy atom. The van der Waals surface area contributed by atoms with Crippen molar-refractivity contribution < 1.29 is 37.7 Å². The van der Waals surface area contributed by atoms with E-state index in [1.54, 1.807) is 20.8 Å². The summed E-state index contributed by atoms with van der Waals surface area (Å²) in [7, 11) is -2.36. The van der Waals surface area contributed by atoms with Gasteiger partial charge in [-0.2, -0.15) is 0 Å². The summed E-state index contributed by atoms with van der Waals surface area (Å²) >= 11 is 0. The molecule has 0 aliphatic carbocycles. The van der Waals surface area contributed by atoms with Gasteiger partial charge < -0.3 is 28.1 Å². The van der Waals surface area contributed by atoms with Crippen molar-refractivity contribution in [2.24, 2.45) is 0 Å². The molecule has 0 N–H and O–H groups in total. The van der Waals surface area contributed by atoms with Gasteiger partial charge in [0.2, 0.25) is 0 Å². The van der Waals surface area contributed by atoms with E-state index in [1.165, 1.54) is 0 Å². The number of hydrogen-bond acceptors (Lipinski definition) is 8. The van der Waals surface area contributed by atoms with Crippen LogP contribution >= 0.6 is 0 Å². The molecule has 3 rings (SSSR count). The zero-order chi connectivity index (χ0) is 25.0. The molecule has 0 aromatic carbocycles. The van der Waals surface area contributed by atoms with Crippen LogP contribution in [0.25, 0.3) is 0 Å². The van der Waals surface area contributed by atoms with Crippen LogP contribution in [0.15, 0.2) is 0 Å². The number of ether oxygens (including phenoxy) is 5. The maximum absolute atomic E-state index is 12.8. The molecular weight excluding hydrogens is 446 g/mol. The number of carbonyl (C=O) groups excluding carboxylic acids is 2. The number of amides is 2. The molecule has 9 nitrogen and oxygen atoms in total. The van der Waals surface area contributed by atoms with E-state index in [9.17, 15) is 9.59 Å². The molecule has 10 heteroatoms. The molecule has 3 saturated heterocycles. The van der Waals surface area contributed by atoms with Crippen molar-refractivity contribution in [3.63, 3.8) is 0 Å². The molecule has 1 unspecified atom stereocenters. The molecule has 2 amide bonds. The van der Waals surface area contributed by atoms with Gasteiger partial charge in [0.1, 0.15) is 30.5 Å². The number of fused-ring (bicyclic) bond motifs is 1. The number of hydrogen-bond donors (Lipinski definition) is 0.